The number of ketones is 1. The number of rotatable bonds is 14. The van der Waals surface area contributed by atoms with Crippen LogP contribution in [-0.4, -0.2) is 94.7 Å². The number of aromatic hydroxyl groups is 1. The summed E-state index contributed by atoms with van der Waals surface area (Å²) in [4.78, 5) is 56.2. The topological polar surface area (TPSA) is 119 Å². The number of nitrogens with zero attached hydrogens (tertiary/aromatic N) is 3. The number of allylic oxidation sites excluding steroid dienone is 1. The van der Waals surface area contributed by atoms with Crippen molar-refractivity contribution in [3.8, 4) is 11.5 Å². The van der Waals surface area contributed by atoms with Crippen molar-refractivity contribution in [2.24, 2.45) is 0 Å². The Bertz CT molecular complexity index is 2090. The van der Waals surface area contributed by atoms with Gasteiger partial charge in [0.1, 0.15) is 29.9 Å². The molecule has 3 heterocycles. The molecule has 2 saturated heterocycles. The largest absolute Gasteiger partial charge is 0.508 e. The molecule has 0 spiro atoms. The van der Waals surface area contributed by atoms with Crippen LogP contribution in [0.1, 0.15) is 77.7 Å². The Morgan fingerprint density at radius 3 is 2.25 bits per heavy atom. The number of hydrogen-bond donors (Lipinski definition) is 2. The predicted molar refractivity (Wildman–Crippen MR) is 216 cm³/mol. The SMILES string of the molecule is CC/C(=C(\c1ccc(O)cc1)c1ccc(OCC(C)N2CCN(CC(=O)CCc3ccc4c(c3)CN(C3CCC(=O)NC3=O)C4=O)CC2)cc1)c1ccccc1. The number of nitrogens with one attached hydrogen (secondary N) is 1. The van der Waals surface area contributed by atoms with Crippen LogP contribution in [0.4, 0.5) is 0 Å². The molecular formula is C46H50N4O6. The molecule has 3 aliphatic heterocycles. The minimum absolute atomic E-state index is 0.189. The lowest BCUT2D eigenvalue weighted by Crippen LogP contribution is -2.52. The Labute approximate surface area is 328 Å². The molecule has 0 bridgehead atoms. The number of amides is 3. The van der Waals surface area contributed by atoms with E-state index in [2.05, 4.69) is 65.4 Å². The van der Waals surface area contributed by atoms with E-state index in [0.717, 1.165) is 66.2 Å². The molecule has 3 amide bonds. The zero-order chi connectivity index (χ0) is 39.2. The number of hydrogen-bond acceptors (Lipinski definition) is 8. The van der Waals surface area contributed by atoms with Gasteiger partial charge in [-0.05, 0) is 95.5 Å². The highest BCUT2D eigenvalue weighted by Gasteiger charge is 2.39. The maximum Gasteiger partial charge on any atom is 0.255 e. The summed E-state index contributed by atoms with van der Waals surface area (Å²) in [7, 11) is 0. The first kappa shape index (κ1) is 38.7. The summed E-state index contributed by atoms with van der Waals surface area (Å²) in [6.07, 6.45) is 2.43. The molecule has 0 saturated carbocycles. The third-order valence-corrected chi connectivity index (χ3v) is 11.3. The number of ether oxygens (including phenoxy) is 1. The average molecular weight is 755 g/mol. The molecule has 0 radical (unpaired) electrons. The average Bonchev–Trinajstić information content (AvgIpc) is 3.54. The third kappa shape index (κ3) is 8.93. The number of piperazine rings is 1. The van der Waals surface area contributed by atoms with Crippen molar-refractivity contribution in [1.82, 2.24) is 20.0 Å². The lowest BCUT2D eigenvalue weighted by molar-refractivity contribution is -0.137. The number of imide groups is 1. The molecule has 2 fully saturated rings. The van der Waals surface area contributed by atoms with Gasteiger partial charge in [0.25, 0.3) is 5.91 Å². The Morgan fingerprint density at radius 1 is 0.875 bits per heavy atom. The first-order chi connectivity index (χ1) is 27.2. The minimum Gasteiger partial charge on any atom is -0.508 e. The maximum absolute atomic E-state index is 13.0. The van der Waals surface area contributed by atoms with E-state index in [-0.39, 0.29) is 35.8 Å². The highest BCUT2D eigenvalue weighted by atomic mass is 16.5. The summed E-state index contributed by atoms with van der Waals surface area (Å²) in [6, 6.07) is 31.3. The van der Waals surface area contributed by atoms with Crippen molar-refractivity contribution in [2.45, 2.75) is 64.6 Å². The van der Waals surface area contributed by atoms with Gasteiger partial charge in [-0.3, -0.25) is 34.3 Å². The second-order valence-corrected chi connectivity index (χ2v) is 15.0. The Hall–Kier alpha value is -5.58. The van der Waals surface area contributed by atoms with Crippen LogP contribution in [0.5, 0.6) is 11.5 Å². The van der Waals surface area contributed by atoms with Gasteiger partial charge in [-0.25, -0.2) is 0 Å². The van der Waals surface area contributed by atoms with Crippen LogP contribution in [0.25, 0.3) is 11.1 Å². The molecular weight excluding hydrogens is 705 g/mol. The zero-order valence-corrected chi connectivity index (χ0v) is 32.2. The fourth-order valence-electron chi connectivity index (χ4n) is 8.11. The number of Topliss-reactive ketones (excluding diaryl/α,β-unsaturated/α-hetero) is 1. The van der Waals surface area contributed by atoms with Gasteiger partial charge < -0.3 is 14.7 Å². The number of carbonyl (C=O) groups excluding carboxylic acids is 4. The van der Waals surface area contributed by atoms with E-state index in [1.54, 1.807) is 23.1 Å². The van der Waals surface area contributed by atoms with Crippen LogP contribution in [0.3, 0.4) is 0 Å². The van der Waals surface area contributed by atoms with Crippen molar-refractivity contribution >= 4 is 34.7 Å². The molecule has 290 valence electrons. The number of benzene rings is 4. The van der Waals surface area contributed by atoms with Gasteiger partial charge in [0.2, 0.25) is 11.8 Å². The van der Waals surface area contributed by atoms with Crippen LogP contribution < -0.4 is 10.1 Å². The molecule has 2 unspecified atom stereocenters. The molecule has 4 aromatic carbocycles. The van der Waals surface area contributed by atoms with E-state index in [4.69, 9.17) is 4.74 Å². The van der Waals surface area contributed by atoms with E-state index in [1.807, 2.05) is 42.5 Å². The third-order valence-electron chi connectivity index (χ3n) is 11.3. The molecule has 0 aliphatic carbocycles. The van der Waals surface area contributed by atoms with Gasteiger partial charge in [0, 0.05) is 57.2 Å². The van der Waals surface area contributed by atoms with Gasteiger partial charge in [0.05, 0.1) is 6.54 Å². The standard InChI is InChI=1S/C46H50N4O6/c1-3-40(33-7-5-4-6-8-33)44(34-11-16-37(51)17-12-34)35-13-18-39(19-14-35)56-30-31(2)49-25-23-48(24-26-49)29-38(52)15-9-32-10-20-41-36(27-32)28-50(46(41)55)42-21-22-43(53)47-45(42)54/h4-8,10-14,16-20,27,31,42,51H,3,9,15,21-26,28-30H2,1-2H3,(H,47,53,54)/b44-40-. The Kier molecular flexibility index (Phi) is 12.1. The van der Waals surface area contributed by atoms with Crippen molar-refractivity contribution in [1.29, 1.82) is 0 Å². The van der Waals surface area contributed by atoms with Crippen molar-refractivity contribution in [3.63, 3.8) is 0 Å². The van der Waals surface area contributed by atoms with Gasteiger partial charge in [-0.2, -0.15) is 0 Å². The van der Waals surface area contributed by atoms with E-state index >= 15 is 0 Å². The molecule has 2 N–H and O–H groups in total. The first-order valence-corrected chi connectivity index (χ1v) is 19.7. The highest BCUT2D eigenvalue weighted by Crippen LogP contribution is 2.36. The lowest BCUT2D eigenvalue weighted by Gasteiger charge is -2.37. The second-order valence-electron chi connectivity index (χ2n) is 15.0. The molecule has 3 aliphatic rings. The Morgan fingerprint density at radius 2 is 1.57 bits per heavy atom. The number of carbonyl (C=O) groups is 4. The van der Waals surface area contributed by atoms with Gasteiger partial charge in [-0.1, -0.05) is 73.7 Å². The second kappa shape index (κ2) is 17.5. The predicted octanol–water partition coefficient (Wildman–Crippen LogP) is 6.11. The van der Waals surface area contributed by atoms with Crippen molar-refractivity contribution in [3.05, 3.63) is 130 Å². The highest BCUT2D eigenvalue weighted by molar-refractivity contribution is 6.05. The van der Waals surface area contributed by atoms with E-state index < -0.39 is 11.9 Å². The smallest absolute Gasteiger partial charge is 0.255 e. The maximum atomic E-state index is 13.0. The molecule has 10 heteroatoms. The minimum atomic E-state index is -0.638. The van der Waals surface area contributed by atoms with Gasteiger partial charge in [-0.15, -0.1) is 0 Å². The summed E-state index contributed by atoms with van der Waals surface area (Å²) in [5.74, 6) is 0.339. The zero-order valence-electron chi connectivity index (χ0n) is 32.2. The molecule has 4 aromatic rings. The van der Waals surface area contributed by atoms with Crippen LogP contribution in [0.15, 0.2) is 97.1 Å². The summed E-state index contributed by atoms with van der Waals surface area (Å²) in [5.41, 5.74) is 8.12. The lowest BCUT2D eigenvalue weighted by atomic mass is 9.88. The van der Waals surface area contributed by atoms with Crippen molar-refractivity contribution in [2.75, 3.05) is 39.3 Å². The summed E-state index contributed by atoms with van der Waals surface area (Å²) in [5, 5.41) is 12.3. The number of piperidine rings is 1. The van der Waals surface area contributed by atoms with Crippen molar-refractivity contribution < 1.29 is 29.0 Å². The quantitative estimate of drug-likeness (QED) is 0.117. The van der Waals surface area contributed by atoms with Gasteiger partial charge in [0.15, 0.2) is 0 Å². The summed E-state index contributed by atoms with van der Waals surface area (Å²) >= 11 is 0. The fraction of sp³-hybridized carbons (Fsp3) is 0.348. The molecule has 7 rings (SSSR count). The monoisotopic (exact) mass is 754 g/mol. The molecule has 0 aromatic heterocycles. The van der Waals surface area contributed by atoms with Crippen LogP contribution in [-0.2, 0) is 27.3 Å². The van der Waals surface area contributed by atoms with Gasteiger partial charge >= 0.3 is 0 Å². The first-order valence-electron chi connectivity index (χ1n) is 19.7. The summed E-state index contributed by atoms with van der Waals surface area (Å²) in [6.45, 7) is 9.01. The number of aryl methyl sites for hydroxylation is 1. The van der Waals surface area contributed by atoms with E-state index in [1.165, 1.54) is 11.1 Å². The molecule has 10 nitrogen and oxygen atoms in total. The summed E-state index contributed by atoms with van der Waals surface area (Å²) < 4.78 is 6.28. The Balaban J connectivity index is 0.870. The fourth-order valence-corrected chi connectivity index (χ4v) is 8.11. The normalized spacial score (nSPS) is 18.6. The van der Waals surface area contributed by atoms with Crippen LogP contribution in [0, 0.1) is 0 Å². The molecule has 2 atom stereocenters. The van der Waals surface area contributed by atoms with Crippen LogP contribution in [0.2, 0.25) is 0 Å². The van der Waals surface area contributed by atoms with E-state index in [9.17, 15) is 24.3 Å². The number of fused-ring (bicyclic) bond motifs is 1. The number of phenolic OH excluding ortho intramolecular Hbond substituents is 1. The van der Waals surface area contributed by atoms with E-state index in [0.29, 0.717) is 44.5 Å². The molecule has 56 heavy (non-hydrogen) atoms. The number of phenols is 1. The van der Waals surface area contributed by atoms with Crippen LogP contribution >= 0.6 is 0 Å².